The number of rotatable bonds is 14. The summed E-state index contributed by atoms with van der Waals surface area (Å²) in [6.07, 6.45) is 1.41. The molecule has 372 valence electrons. The number of carbonyl (C=O) groups is 4. The van der Waals surface area contributed by atoms with Crippen molar-refractivity contribution in [2.45, 2.75) is 9.79 Å². The summed E-state index contributed by atoms with van der Waals surface area (Å²) in [4.78, 5) is 50.1. The monoisotopic (exact) mass is 1110 g/mol. The van der Waals surface area contributed by atoms with Crippen molar-refractivity contribution in [3.8, 4) is 0 Å². The van der Waals surface area contributed by atoms with E-state index in [0.717, 1.165) is 24.3 Å². The second-order valence-electron chi connectivity index (χ2n) is 15.5. The normalized spacial score (nSPS) is 14.5. The molecule has 23 nitrogen and oxygen atoms in total. The fourth-order valence-corrected chi connectivity index (χ4v) is 9.59. The Kier molecular flexibility index (Phi) is 17.5. The van der Waals surface area contributed by atoms with Crippen LogP contribution in [0.1, 0.15) is 52.6 Å². The Morgan fingerprint density at radius 2 is 0.840 bits per heavy atom. The van der Waals surface area contributed by atoms with E-state index < -0.39 is 129 Å². The van der Waals surface area contributed by atoms with Gasteiger partial charge in [0, 0.05) is 22.5 Å². The van der Waals surface area contributed by atoms with Gasteiger partial charge in [0.25, 0.3) is 32.1 Å². The van der Waals surface area contributed by atoms with Crippen LogP contribution >= 0.6 is 0 Å². The van der Waals surface area contributed by atoms with Gasteiger partial charge in [-0.25, -0.2) is 16.8 Å². The quantitative estimate of drug-likeness (QED) is 0.0412. The molecule has 2 aliphatic carbocycles. The molecule has 29 heteroatoms. The summed E-state index contributed by atoms with van der Waals surface area (Å²) in [6.45, 7) is 0. The third-order valence-electron chi connectivity index (χ3n) is 10.6. The minimum Gasteiger partial charge on any atom is -0.744 e. The van der Waals surface area contributed by atoms with E-state index in [9.17, 15) is 71.1 Å². The molecule has 7 N–H and O–H groups in total. The van der Waals surface area contributed by atoms with Crippen molar-refractivity contribution < 1.29 is 130 Å². The van der Waals surface area contributed by atoms with Crippen LogP contribution in [0.15, 0.2) is 163 Å². The van der Waals surface area contributed by atoms with E-state index in [4.69, 9.17) is 0 Å². The second kappa shape index (κ2) is 22.7. The summed E-state index contributed by atoms with van der Waals surface area (Å²) >= 11 is 0. The Labute approximate surface area is 470 Å². The average molecular weight is 1110 g/mol. The molecule has 6 aromatic carbocycles. The van der Waals surface area contributed by atoms with Crippen LogP contribution in [0, 0.1) is 0 Å². The van der Waals surface area contributed by atoms with Crippen molar-refractivity contribution in [2.24, 2.45) is 10.2 Å². The number of Topliss-reactive ketones (excluding diaryl/α,β-unsaturated/α-hetero) is 2. The van der Waals surface area contributed by atoms with Crippen LogP contribution in [-0.2, 0) is 40.5 Å². The molecule has 0 aliphatic heterocycles. The van der Waals surface area contributed by atoms with Gasteiger partial charge >= 0.3 is 59.1 Å². The van der Waals surface area contributed by atoms with Crippen molar-refractivity contribution in [3.05, 3.63) is 177 Å². The van der Waals surface area contributed by atoms with E-state index in [-0.39, 0.29) is 81.6 Å². The van der Waals surface area contributed by atoms with E-state index in [1.165, 1.54) is 84.9 Å². The second-order valence-corrected chi connectivity index (χ2v) is 21.0. The molecule has 75 heavy (non-hydrogen) atoms. The van der Waals surface area contributed by atoms with Crippen LogP contribution in [0.4, 0.5) is 34.1 Å². The predicted molar refractivity (Wildman–Crippen MR) is 264 cm³/mol. The van der Waals surface area contributed by atoms with Crippen molar-refractivity contribution >= 4 is 122 Å². The van der Waals surface area contributed by atoms with Crippen LogP contribution in [-0.4, -0.2) is 86.7 Å². The molecule has 0 saturated heterocycles. The molecule has 0 atom stereocenters. The first kappa shape index (κ1) is 57.7. The molecule has 0 spiro atoms. The average Bonchev–Trinajstić information content (AvgIpc) is 3.33. The van der Waals surface area contributed by atoms with Crippen LogP contribution in [0.3, 0.4) is 0 Å². The van der Waals surface area contributed by atoms with Gasteiger partial charge in [0.15, 0.2) is 5.71 Å². The third-order valence-corrected chi connectivity index (χ3v) is 13.9. The van der Waals surface area contributed by atoms with Crippen LogP contribution in [0.2, 0.25) is 0 Å². The predicted octanol–water partition coefficient (Wildman–Crippen LogP) is -0.463. The van der Waals surface area contributed by atoms with Crippen LogP contribution < -0.4 is 85.9 Å². The maximum Gasteiger partial charge on any atom is 1.00 e. The number of nitrogens with zero attached hydrogens (tertiary/aromatic N) is 2. The summed E-state index contributed by atoms with van der Waals surface area (Å²) in [5, 5.41) is 15.7. The summed E-state index contributed by atoms with van der Waals surface area (Å²) in [7, 11) is -20.9. The number of hydrogen-bond acceptors (Lipinski definition) is 19. The van der Waals surface area contributed by atoms with Crippen molar-refractivity contribution in [2.75, 3.05) is 26.8 Å². The zero-order valence-electron chi connectivity index (χ0n) is 38.5. The number of anilines is 6. The largest absolute Gasteiger partial charge is 1.00 e. The summed E-state index contributed by atoms with van der Waals surface area (Å²) in [5.74, 6) is -4.00. The number of ketones is 2. The first-order valence-corrected chi connectivity index (χ1v) is 26.2. The summed E-state index contributed by atoms with van der Waals surface area (Å²) < 4.78 is 143. The van der Waals surface area contributed by atoms with Gasteiger partial charge in [0.1, 0.15) is 30.9 Å². The minimum absolute atomic E-state index is 0. The molecular formula is C46H31N7Na2O16S4. The first-order valence-electron chi connectivity index (χ1n) is 20.5. The Bertz CT molecular complexity index is 3680. The molecule has 2 aliphatic rings. The summed E-state index contributed by atoms with van der Waals surface area (Å²) in [5.41, 5.74) is 2.01. The smallest absolute Gasteiger partial charge is 0.744 e. The fourth-order valence-electron chi connectivity index (χ4n) is 7.21. The molecule has 0 radical (unpaired) electrons. The maximum atomic E-state index is 14.0. The van der Waals surface area contributed by atoms with E-state index in [1.807, 2.05) is 0 Å². The number of fused-ring (bicyclic) bond motifs is 2. The van der Waals surface area contributed by atoms with Gasteiger partial charge in [-0.3, -0.25) is 39.1 Å². The number of amides is 2. The fraction of sp³-hybridized carbons (Fsp3) is 0. The Balaban J connectivity index is 0.00000457. The van der Waals surface area contributed by atoms with Gasteiger partial charge in [-0.15, -0.1) is 0 Å². The number of hydrogen-bond donors (Lipinski definition) is 7. The molecule has 0 aromatic heterocycles. The molecule has 2 amide bonds. The van der Waals surface area contributed by atoms with Gasteiger partial charge in [-0.05, 0) is 120 Å². The Morgan fingerprint density at radius 3 is 1.23 bits per heavy atom. The van der Waals surface area contributed by atoms with Crippen molar-refractivity contribution in [1.29, 1.82) is 0 Å². The first-order chi connectivity index (χ1) is 34.3. The molecular weight excluding hydrogens is 1080 g/mol. The SMILES string of the molecule is O=C(Nc1cc(S(=O)(=O)[O-])cc2c1C(=O)/C(=N/Nc1ccc(Nc3ccc(N/N=C4\C(=O)c5c(cc(S(=O)(=O)O)cc5NC(=O)c5ccccc5)C=C4S(=O)(=O)O)cc3)cc1)C(S(=O)(=O)[O-])=C2)c1ccccc1.[Na+].[Na+]. The van der Waals surface area contributed by atoms with Crippen molar-refractivity contribution in [3.63, 3.8) is 0 Å². The molecule has 8 rings (SSSR count). The molecule has 0 heterocycles. The van der Waals surface area contributed by atoms with E-state index in [1.54, 1.807) is 24.3 Å². The number of benzene rings is 6. The Hall–Kier alpha value is -6.54. The maximum absolute atomic E-state index is 14.0. The molecule has 6 aromatic rings. The topological polar surface area (TPSA) is 376 Å². The van der Waals surface area contributed by atoms with E-state index >= 15 is 0 Å². The van der Waals surface area contributed by atoms with Gasteiger partial charge in [0.2, 0.25) is 11.6 Å². The molecule has 0 unspecified atom stereocenters. The van der Waals surface area contributed by atoms with E-state index in [0.29, 0.717) is 23.5 Å². The number of hydrazone groups is 2. The standard InChI is InChI=1S/C46H33N7O16S4.2Na/c54-43-39-27(19-33(70(58,59)60)23-35(39)48-45(56)25-7-3-1-4-8-25)21-37(72(64,65)66)41(43)52-50-31-15-11-29(12-16-31)47-30-13-17-32(18-14-30)51-53-42-38(73(67,68)69)22-28-20-34(71(61,62)63)24-36(40(28)44(42)55)49-46(57)26-9-5-2-6-10-26;;/h1-24,47,50-51H,(H,48,56)(H,49,57)(H,58,59,60)(H,61,62,63)(H,64,65,66)(H,67,68,69);;/q;2*+1/p-2/b52-41-,53-42+;;. The van der Waals surface area contributed by atoms with Crippen LogP contribution in [0.25, 0.3) is 12.2 Å². The van der Waals surface area contributed by atoms with Gasteiger partial charge in [-0.1, -0.05) is 36.4 Å². The van der Waals surface area contributed by atoms with E-state index in [2.05, 4.69) is 37.0 Å². The number of carbonyl (C=O) groups excluding carboxylic acids is 4. The summed E-state index contributed by atoms with van der Waals surface area (Å²) in [6, 6.07) is 29.9. The minimum atomic E-state index is -5.48. The molecule has 0 saturated carbocycles. The van der Waals surface area contributed by atoms with Gasteiger partial charge < -0.3 is 25.1 Å². The van der Waals surface area contributed by atoms with Crippen molar-refractivity contribution in [1.82, 2.24) is 0 Å². The zero-order valence-corrected chi connectivity index (χ0v) is 45.8. The molecule has 0 bridgehead atoms. The molecule has 0 fully saturated rings. The van der Waals surface area contributed by atoms with Gasteiger partial charge in [-0.2, -0.15) is 27.0 Å². The number of nitrogens with one attached hydrogen (secondary N) is 5. The third kappa shape index (κ3) is 13.3. The Morgan fingerprint density at radius 1 is 0.467 bits per heavy atom. The number of allylic oxidation sites excluding steroid dienone is 2. The van der Waals surface area contributed by atoms with Gasteiger partial charge in [0.05, 0.1) is 48.6 Å². The zero-order chi connectivity index (χ0) is 52.6. The van der Waals surface area contributed by atoms with Crippen LogP contribution in [0.5, 0.6) is 0 Å².